The molecule has 7 nitrogen and oxygen atoms in total. The normalized spacial score (nSPS) is 16.8. The van der Waals surface area contributed by atoms with Crippen molar-refractivity contribution >= 4 is 31.6 Å². The summed E-state index contributed by atoms with van der Waals surface area (Å²) in [5, 5.41) is 11.1. The van der Waals surface area contributed by atoms with Crippen molar-refractivity contribution in [2.45, 2.75) is 17.4 Å². The van der Waals surface area contributed by atoms with E-state index in [1.807, 2.05) is 12.1 Å². The molecule has 10 heteroatoms. The first-order valence-electron chi connectivity index (χ1n) is 7.14. The van der Waals surface area contributed by atoms with Gasteiger partial charge in [0.15, 0.2) is 4.90 Å². The van der Waals surface area contributed by atoms with Gasteiger partial charge < -0.3 is 4.74 Å². The van der Waals surface area contributed by atoms with E-state index in [0.717, 1.165) is 11.6 Å². The van der Waals surface area contributed by atoms with E-state index < -0.39 is 37.4 Å². The first-order chi connectivity index (χ1) is 11.8. The molecule has 0 bridgehead atoms. The number of benzene rings is 2. The van der Waals surface area contributed by atoms with Crippen LogP contribution < -0.4 is 9.46 Å². The predicted molar refractivity (Wildman–Crippen MR) is 90.5 cm³/mol. The van der Waals surface area contributed by atoms with Crippen LogP contribution in [0.2, 0.25) is 0 Å². The van der Waals surface area contributed by atoms with Crippen molar-refractivity contribution in [3.05, 3.63) is 62.4 Å². The fourth-order valence-electron chi connectivity index (χ4n) is 2.56. The summed E-state index contributed by atoms with van der Waals surface area (Å²) < 4.78 is 46.4. The topological polar surface area (TPSA) is 98.5 Å². The summed E-state index contributed by atoms with van der Waals surface area (Å²) in [4.78, 5) is 9.55. The predicted octanol–water partition coefficient (Wildman–Crippen LogP) is 2.78. The van der Waals surface area contributed by atoms with Crippen molar-refractivity contribution in [3.63, 3.8) is 0 Å². The number of sulfonamides is 1. The van der Waals surface area contributed by atoms with Gasteiger partial charge in [0.1, 0.15) is 18.2 Å². The van der Waals surface area contributed by atoms with E-state index in [1.165, 1.54) is 0 Å². The van der Waals surface area contributed by atoms with Crippen LogP contribution in [-0.4, -0.2) is 26.0 Å². The Morgan fingerprint density at radius 3 is 2.76 bits per heavy atom. The highest BCUT2D eigenvalue weighted by Crippen LogP contribution is 2.31. The molecule has 1 aliphatic rings. The first-order valence-corrected chi connectivity index (χ1v) is 9.42. The van der Waals surface area contributed by atoms with Gasteiger partial charge in [-0.2, -0.15) is 0 Å². The minimum atomic E-state index is -4.25. The second-order valence-corrected chi connectivity index (χ2v) is 7.97. The molecular formula is C15H12BrFN2O5S. The van der Waals surface area contributed by atoms with Crippen molar-refractivity contribution in [2.24, 2.45) is 0 Å². The van der Waals surface area contributed by atoms with Crippen molar-refractivity contribution in [1.29, 1.82) is 0 Å². The van der Waals surface area contributed by atoms with E-state index in [1.54, 1.807) is 12.1 Å². The summed E-state index contributed by atoms with van der Waals surface area (Å²) in [5.41, 5.74) is 0.00145. The maximum atomic E-state index is 13.5. The third-order valence-electron chi connectivity index (χ3n) is 3.69. The molecule has 1 unspecified atom stereocenters. The number of rotatable bonds is 4. The molecule has 25 heavy (non-hydrogen) atoms. The van der Waals surface area contributed by atoms with Crippen LogP contribution in [0.25, 0.3) is 0 Å². The van der Waals surface area contributed by atoms with Crippen molar-refractivity contribution in [2.75, 3.05) is 6.61 Å². The second-order valence-electron chi connectivity index (χ2n) is 5.43. The Morgan fingerprint density at radius 1 is 1.32 bits per heavy atom. The number of nitro benzene ring substituents is 1. The van der Waals surface area contributed by atoms with E-state index in [0.29, 0.717) is 18.2 Å². The standard InChI is InChI=1S/C15H12BrFN2O5S/c16-11-6-15(13(19(20)21)7-12(11)17)25(22,23)18-10-5-9-3-1-2-4-14(9)24-8-10/h1-4,6-7,10,18H,5,8H2. The molecule has 2 aromatic rings. The van der Waals surface area contributed by atoms with Gasteiger partial charge in [0.25, 0.3) is 5.69 Å². The number of ether oxygens (including phenoxy) is 1. The molecule has 132 valence electrons. The molecule has 0 spiro atoms. The minimum Gasteiger partial charge on any atom is -0.492 e. The molecule has 1 aliphatic heterocycles. The van der Waals surface area contributed by atoms with Gasteiger partial charge in [-0.1, -0.05) is 18.2 Å². The van der Waals surface area contributed by atoms with E-state index in [-0.39, 0.29) is 11.1 Å². The number of hydrogen-bond acceptors (Lipinski definition) is 5. The lowest BCUT2D eigenvalue weighted by molar-refractivity contribution is -0.388. The van der Waals surface area contributed by atoms with Gasteiger partial charge in [-0.25, -0.2) is 17.5 Å². The molecule has 0 saturated carbocycles. The number of nitrogens with one attached hydrogen (secondary N) is 1. The molecule has 1 N–H and O–H groups in total. The van der Waals surface area contributed by atoms with E-state index in [2.05, 4.69) is 20.7 Å². The third kappa shape index (κ3) is 3.65. The Hall–Kier alpha value is -2.04. The summed E-state index contributed by atoms with van der Waals surface area (Å²) in [6, 6.07) is 8.07. The molecule has 0 amide bonds. The van der Waals surface area contributed by atoms with Crippen LogP contribution >= 0.6 is 15.9 Å². The molecule has 0 saturated heterocycles. The molecule has 0 aromatic heterocycles. The lowest BCUT2D eigenvalue weighted by atomic mass is 10.0. The van der Waals surface area contributed by atoms with Crippen LogP contribution in [0.1, 0.15) is 5.56 Å². The van der Waals surface area contributed by atoms with E-state index in [4.69, 9.17) is 4.74 Å². The minimum absolute atomic E-state index is 0.0897. The summed E-state index contributed by atoms with van der Waals surface area (Å²) in [7, 11) is -4.25. The summed E-state index contributed by atoms with van der Waals surface area (Å²) in [6.07, 6.45) is 0.381. The van der Waals surface area contributed by atoms with Crippen LogP contribution in [-0.2, 0) is 16.4 Å². The number of hydrogen-bond donors (Lipinski definition) is 1. The van der Waals surface area contributed by atoms with Gasteiger partial charge in [-0.05, 0) is 40.0 Å². The average Bonchev–Trinajstić information content (AvgIpc) is 2.56. The molecule has 0 aliphatic carbocycles. The van der Waals surface area contributed by atoms with Gasteiger partial charge >= 0.3 is 0 Å². The largest absolute Gasteiger partial charge is 0.492 e. The Kier molecular flexibility index (Phi) is 4.76. The van der Waals surface area contributed by atoms with Gasteiger partial charge in [-0.3, -0.25) is 10.1 Å². The zero-order valence-electron chi connectivity index (χ0n) is 12.6. The second kappa shape index (κ2) is 6.70. The summed E-state index contributed by atoms with van der Waals surface area (Å²) >= 11 is 2.85. The summed E-state index contributed by atoms with van der Waals surface area (Å²) in [5.74, 6) is -0.242. The first kappa shape index (κ1) is 17.8. The average molecular weight is 431 g/mol. The van der Waals surface area contributed by atoms with Gasteiger partial charge in [0.2, 0.25) is 10.0 Å². The van der Waals surface area contributed by atoms with Crippen LogP contribution in [0.15, 0.2) is 45.8 Å². The lowest BCUT2D eigenvalue weighted by Gasteiger charge is -2.25. The molecule has 0 radical (unpaired) electrons. The maximum Gasteiger partial charge on any atom is 0.292 e. The number of fused-ring (bicyclic) bond motifs is 1. The quantitative estimate of drug-likeness (QED) is 0.593. The zero-order chi connectivity index (χ0) is 18.2. The fraction of sp³-hybridized carbons (Fsp3) is 0.200. The molecule has 1 heterocycles. The Morgan fingerprint density at radius 2 is 2.04 bits per heavy atom. The monoisotopic (exact) mass is 430 g/mol. The molecule has 1 atom stereocenters. The third-order valence-corrected chi connectivity index (χ3v) is 5.85. The lowest BCUT2D eigenvalue weighted by Crippen LogP contribution is -2.42. The highest BCUT2D eigenvalue weighted by molar-refractivity contribution is 9.10. The molecule has 3 rings (SSSR count). The highest BCUT2D eigenvalue weighted by Gasteiger charge is 2.31. The van der Waals surface area contributed by atoms with Crippen molar-refractivity contribution in [1.82, 2.24) is 4.72 Å². The SMILES string of the molecule is O=[N+]([O-])c1cc(F)c(Br)cc1S(=O)(=O)NC1COc2ccccc2C1. The zero-order valence-corrected chi connectivity index (χ0v) is 15.0. The molecule has 2 aromatic carbocycles. The number of nitrogens with zero attached hydrogens (tertiary/aromatic N) is 1. The van der Waals surface area contributed by atoms with E-state index >= 15 is 0 Å². The maximum absolute atomic E-state index is 13.5. The van der Waals surface area contributed by atoms with Crippen molar-refractivity contribution < 1.29 is 22.5 Å². The highest BCUT2D eigenvalue weighted by atomic mass is 79.9. The Bertz CT molecular complexity index is 951. The number of para-hydroxylation sites is 1. The summed E-state index contributed by atoms with van der Waals surface area (Å²) in [6.45, 7) is 0.0897. The number of nitro groups is 1. The van der Waals surface area contributed by atoms with Crippen molar-refractivity contribution in [3.8, 4) is 5.75 Å². The van der Waals surface area contributed by atoms with E-state index in [9.17, 15) is 22.9 Å². The van der Waals surface area contributed by atoms with Crippen LogP contribution in [0, 0.1) is 15.9 Å². The Labute approximate surface area is 151 Å². The molecule has 0 fully saturated rings. The van der Waals surface area contributed by atoms with Crippen LogP contribution in [0.5, 0.6) is 5.75 Å². The molecular weight excluding hydrogens is 419 g/mol. The Balaban J connectivity index is 1.91. The smallest absolute Gasteiger partial charge is 0.292 e. The number of halogens is 2. The van der Waals surface area contributed by atoms with Crippen LogP contribution in [0.4, 0.5) is 10.1 Å². The van der Waals surface area contributed by atoms with Crippen LogP contribution in [0.3, 0.4) is 0 Å². The fourth-order valence-corrected chi connectivity index (χ4v) is 4.46. The van der Waals surface area contributed by atoms with Gasteiger partial charge in [0, 0.05) is 0 Å². The van der Waals surface area contributed by atoms with Gasteiger partial charge in [-0.15, -0.1) is 0 Å². The van der Waals surface area contributed by atoms with Gasteiger partial charge in [0.05, 0.1) is 21.5 Å².